The van der Waals surface area contributed by atoms with Crippen LogP contribution in [-0.4, -0.2) is 31.2 Å². The van der Waals surface area contributed by atoms with Crippen LogP contribution in [-0.2, 0) is 16.0 Å². The van der Waals surface area contributed by atoms with Gasteiger partial charge in [0.05, 0.1) is 19.6 Å². The highest BCUT2D eigenvalue weighted by Crippen LogP contribution is 2.30. The summed E-state index contributed by atoms with van der Waals surface area (Å²) in [4.78, 5) is 16.9. The average Bonchev–Trinajstić information content (AvgIpc) is 2.68. The number of hydrogen-bond acceptors (Lipinski definition) is 4. The number of methoxy groups -OCH3 is 1. The lowest BCUT2D eigenvalue weighted by molar-refractivity contribution is -0.121. The van der Waals surface area contributed by atoms with E-state index in [2.05, 4.69) is 10.3 Å². The first-order chi connectivity index (χ1) is 12.3. The molecule has 0 unspecified atom stereocenters. The van der Waals surface area contributed by atoms with Crippen LogP contribution in [0.2, 0.25) is 0 Å². The number of benzene rings is 1. The Bertz CT molecular complexity index is 684. The Morgan fingerprint density at radius 3 is 2.80 bits per heavy atom. The third-order valence-corrected chi connectivity index (χ3v) is 4.64. The summed E-state index contributed by atoms with van der Waals surface area (Å²) in [5, 5.41) is 3.21. The van der Waals surface area contributed by atoms with Gasteiger partial charge in [-0.15, -0.1) is 0 Å². The second-order valence-corrected chi connectivity index (χ2v) is 6.27. The predicted molar refractivity (Wildman–Crippen MR) is 95.4 cm³/mol. The molecule has 0 spiro atoms. The Hall–Kier alpha value is -2.40. The monoisotopic (exact) mass is 340 g/mol. The maximum atomic E-state index is 12.7. The zero-order valence-corrected chi connectivity index (χ0v) is 14.5. The SMILES string of the molecule is COc1ccccc1CC(=O)N[C@@H](c1cccnc1)C1CCOCC1. The van der Waals surface area contributed by atoms with Gasteiger partial charge in [-0.3, -0.25) is 9.78 Å². The van der Waals surface area contributed by atoms with Gasteiger partial charge >= 0.3 is 0 Å². The minimum atomic E-state index is -0.0418. The van der Waals surface area contributed by atoms with Crippen LogP contribution in [0.3, 0.4) is 0 Å². The van der Waals surface area contributed by atoms with E-state index >= 15 is 0 Å². The highest BCUT2D eigenvalue weighted by molar-refractivity contribution is 5.79. The molecule has 0 aliphatic carbocycles. The molecular formula is C20H24N2O3. The topological polar surface area (TPSA) is 60.5 Å². The summed E-state index contributed by atoms with van der Waals surface area (Å²) in [6.07, 6.45) is 5.76. The summed E-state index contributed by atoms with van der Waals surface area (Å²) in [5.41, 5.74) is 1.93. The molecule has 3 rings (SSSR count). The molecule has 5 nitrogen and oxygen atoms in total. The summed E-state index contributed by atoms with van der Waals surface area (Å²) < 4.78 is 10.8. The van der Waals surface area contributed by atoms with E-state index in [-0.39, 0.29) is 11.9 Å². The lowest BCUT2D eigenvalue weighted by Crippen LogP contribution is -2.36. The van der Waals surface area contributed by atoms with E-state index in [0.29, 0.717) is 12.3 Å². The number of amides is 1. The van der Waals surface area contributed by atoms with Gasteiger partial charge in [0, 0.05) is 31.2 Å². The summed E-state index contributed by atoms with van der Waals surface area (Å²) >= 11 is 0. The minimum Gasteiger partial charge on any atom is -0.496 e. The molecule has 2 aromatic rings. The Morgan fingerprint density at radius 2 is 2.08 bits per heavy atom. The molecular weight excluding hydrogens is 316 g/mol. The van der Waals surface area contributed by atoms with Gasteiger partial charge < -0.3 is 14.8 Å². The van der Waals surface area contributed by atoms with Crippen molar-refractivity contribution in [3.63, 3.8) is 0 Å². The molecule has 1 aromatic heterocycles. The van der Waals surface area contributed by atoms with E-state index in [1.54, 1.807) is 13.3 Å². The van der Waals surface area contributed by atoms with Gasteiger partial charge in [0.1, 0.15) is 5.75 Å². The number of para-hydroxylation sites is 1. The van der Waals surface area contributed by atoms with E-state index in [0.717, 1.165) is 42.9 Å². The number of hydrogen-bond donors (Lipinski definition) is 1. The van der Waals surface area contributed by atoms with Gasteiger partial charge in [0.25, 0.3) is 0 Å². The van der Waals surface area contributed by atoms with Crippen LogP contribution in [0, 0.1) is 5.92 Å². The van der Waals surface area contributed by atoms with Crippen LogP contribution in [0.1, 0.15) is 30.0 Å². The van der Waals surface area contributed by atoms with Crippen molar-refractivity contribution in [3.8, 4) is 5.75 Å². The molecule has 132 valence electrons. The lowest BCUT2D eigenvalue weighted by atomic mass is 9.87. The molecule has 1 fully saturated rings. The van der Waals surface area contributed by atoms with Gasteiger partial charge in [-0.05, 0) is 36.5 Å². The van der Waals surface area contributed by atoms with Gasteiger partial charge in [0.15, 0.2) is 0 Å². The summed E-state index contributed by atoms with van der Waals surface area (Å²) in [6.45, 7) is 1.48. The van der Waals surface area contributed by atoms with Crippen molar-refractivity contribution in [1.29, 1.82) is 0 Å². The number of pyridine rings is 1. The number of aromatic nitrogens is 1. The zero-order valence-electron chi connectivity index (χ0n) is 14.5. The Kier molecular flexibility index (Phi) is 6.01. The smallest absolute Gasteiger partial charge is 0.225 e. The van der Waals surface area contributed by atoms with E-state index in [1.807, 2.05) is 42.6 Å². The molecule has 1 aromatic carbocycles. The Balaban J connectivity index is 1.74. The van der Waals surface area contributed by atoms with E-state index in [9.17, 15) is 4.79 Å². The van der Waals surface area contributed by atoms with Crippen LogP contribution in [0.4, 0.5) is 0 Å². The average molecular weight is 340 g/mol. The molecule has 0 radical (unpaired) electrons. The molecule has 5 heteroatoms. The highest BCUT2D eigenvalue weighted by atomic mass is 16.5. The van der Waals surface area contributed by atoms with E-state index < -0.39 is 0 Å². The van der Waals surface area contributed by atoms with Crippen LogP contribution < -0.4 is 10.1 Å². The van der Waals surface area contributed by atoms with Crippen LogP contribution >= 0.6 is 0 Å². The van der Waals surface area contributed by atoms with Gasteiger partial charge in [-0.2, -0.15) is 0 Å². The first-order valence-electron chi connectivity index (χ1n) is 8.67. The van der Waals surface area contributed by atoms with Gasteiger partial charge in [-0.25, -0.2) is 0 Å². The molecule has 2 heterocycles. The lowest BCUT2D eigenvalue weighted by Gasteiger charge is -2.31. The molecule has 0 bridgehead atoms. The molecule has 1 amide bonds. The van der Waals surface area contributed by atoms with Crippen molar-refractivity contribution < 1.29 is 14.3 Å². The molecule has 1 N–H and O–H groups in total. The van der Waals surface area contributed by atoms with E-state index in [1.165, 1.54) is 0 Å². The molecule has 1 atom stereocenters. The largest absolute Gasteiger partial charge is 0.496 e. The van der Waals surface area contributed by atoms with Crippen molar-refractivity contribution in [2.24, 2.45) is 5.92 Å². The number of carbonyl (C=O) groups excluding carboxylic acids is 1. The maximum Gasteiger partial charge on any atom is 0.225 e. The Morgan fingerprint density at radius 1 is 1.28 bits per heavy atom. The zero-order chi connectivity index (χ0) is 17.5. The first-order valence-corrected chi connectivity index (χ1v) is 8.67. The van der Waals surface area contributed by atoms with Crippen molar-refractivity contribution in [2.45, 2.75) is 25.3 Å². The van der Waals surface area contributed by atoms with E-state index in [4.69, 9.17) is 9.47 Å². The van der Waals surface area contributed by atoms with Crippen molar-refractivity contribution in [3.05, 3.63) is 59.9 Å². The van der Waals surface area contributed by atoms with Gasteiger partial charge in [-0.1, -0.05) is 24.3 Å². The molecule has 0 saturated carbocycles. The van der Waals surface area contributed by atoms with Crippen LogP contribution in [0.15, 0.2) is 48.8 Å². The van der Waals surface area contributed by atoms with Crippen molar-refractivity contribution >= 4 is 5.91 Å². The molecule has 25 heavy (non-hydrogen) atoms. The first kappa shape index (κ1) is 17.4. The summed E-state index contributed by atoms with van der Waals surface area (Å²) in [6, 6.07) is 11.5. The normalized spacial score (nSPS) is 16.2. The van der Waals surface area contributed by atoms with Crippen molar-refractivity contribution in [2.75, 3.05) is 20.3 Å². The number of ether oxygens (including phenoxy) is 2. The van der Waals surface area contributed by atoms with Gasteiger partial charge in [0.2, 0.25) is 5.91 Å². The summed E-state index contributed by atoms with van der Waals surface area (Å²) in [5.74, 6) is 1.09. The summed E-state index contributed by atoms with van der Waals surface area (Å²) in [7, 11) is 1.62. The molecule has 1 aliphatic heterocycles. The van der Waals surface area contributed by atoms with Crippen molar-refractivity contribution in [1.82, 2.24) is 10.3 Å². The number of nitrogens with zero attached hydrogens (tertiary/aromatic N) is 1. The van der Waals surface area contributed by atoms with Crippen LogP contribution in [0.5, 0.6) is 5.75 Å². The third kappa shape index (κ3) is 4.57. The Labute approximate surface area is 148 Å². The maximum absolute atomic E-state index is 12.7. The standard InChI is InChI=1S/C20H24N2O3/c1-24-18-7-3-2-5-16(18)13-19(23)22-20(15-8-11-25-12-9-15)17-6-4-10-21-14-17/h2-7,10,14-15,20H,8-9,11-13H2,1H3,(H,22,23)/t20-/m1/s1. The quantitative estimate of drug-likeness (QED) is 0.878. The highest BCUT2D eigenvalue weighted by Gasteiger charge is 2.27. The fraction of sp³-hybridized carbons (Fsp3) is 0.400. The molecule has 1 saturated heterocycles. The second-order valence-electron chi connectivity index (χ2n) is 6.27. The predicted octanol–water partition coefficient (Wildman–Crippen LogP) is 2.92. The fourth-order valence-corrected chi connectivity index (χ4v) is 3.33. The third-order valence-electron chi connectivity index (χ3n) is 4.64. The second kappa shape index (κ2) is 8.62. The number of carbonyl (C=O) groups is 1. The number of nitrogens with one attached hydrogen (secondary N) is 1. The van der Waals surface area contributed by atoms with Crippen LogP contribution in [0.25, 0.3) is 0 Å². The number of rotatable bonds is 6. The minimum absolute atomic E-state index is 0.00940. The molecule has 1 aliphatic rings. The fourth-order valence-electron chi connectivity index (χ4n) is 3.33.